The lowest BCUT2D eigenvalue weighted by molar-refractivity contribution is 0.399. The highest BCUT2D eigenvalue weighted by Crippen LogP contribution is 2.40. The van der Waals surface area contributed by atoms with E-state index in [4.69, 9.17) is 4.74 Å². The smallest absolute Gasteiger partial charge is 0.221 e. The normalized spacial score (nSPS) is 10.5. The van der Waals surface area contributed by atoms with E-state index in [1.165, 1.54) is 16.7 Å². The molecule has 0 aliphatic rings. The number of ether oxygens (including phenoxy) is 1. The van der Waals surface area contributed by atoms with E-state index in [-0.39, 0.29) is 0 Å². The molecule has 1 heterocycles. The summed E-state index contributed by atoms with van der Waals surface area (Å²) >= 11 is 0. The first-order chi connectivity index (χ1) is 11.3. The molecule has 0 saturated carbocycles. The number of rotatable bonds is 5. The predicted octanol–water partition coefficient (Wildman–Crippen LogP) is 5.38. The van der Waals surface area contributed by atoms with Crippen LogP contribution < -0.4 is 4.74 Å². The Bertz CT molecular complexity index is 767. The van der Waals surface area contributed by atoms with E-state index in [0.29, 0.717) is 5.88 Å². The number of aryl methyl sites for hydroxylation is 1. The molecule has 0 bridgehead atoms. The van der Waals surface area contributed by atoms with Crippen LogP contribution >= 0.6 is 0 Å². The minimum absolute atomic E-state index is 0.676. The number of hydrogen-bond acceptors (Lipinski definition) is 2. The van der Waals surface area contributed by atoms with Gasteiger partial charge in [0.15, 0.2) is 0 Å². The van der Waals surface area contributed by atoms with E-state index in [9.17, 15) is 0 Å². The van der Waals surface area contributed by atoms with Crippen molar-refractivity contribution in [3.8, 4) is 28.1 Å². The third-order valence-corrected chi connectivity index (χ3v) is 3.96. The molecule has 3 rings (SSSR count). The molecule has 0 amide bonds. The maximum atomic E-state index is 5.58. The summed E-state index contributed by atoms with van der Waals surface area (Å²) in [6.45, 7) is 2.20. The fraction of sp³-hybridized carbons (Fsp3) is 0.190. The molecule has 0 atom stereocenters. The SMILES string of the molecule is CCCc1cnc(OC)c(-c2ccccc2)c1-c1ccccc1. The molecule has 0 N–H and O–H groups in total. The topological polar surface area (TPSA) is 22.1 Å². The average Bonchev–Trinajstić information content (AvgIpc) is 2.63. The van der Waals surface area contributed by atoms with Crippen LogP contribution in [0.4, 0.5) is 0 Å². The molecule has 1 aromatic heterocycles. The lowest BCUT2D eigenvalue weighted by Crippen LogP contribution is -1.99. The number of hydrogen-bond donors (Lipinski definition) is 0. The molecular formula is C21H21NO. The van der Waals surface area contributed by atoms with E-state index in [2.05, 4.69) is 60.4 Å². The van der Waals surface area contributed by atoms with Crippen LogP contribution in [0.1, 0.15) is 18.9 Å². The fourth-order valence-electron chi connectivity index (χ4n) is 2.95. The number of aromatic nitrogens is 1. The van der Waals surface area contributed by atoms with E-state index in [1.807, 2.05) is 18.3 Å². The van der Waals surface area contributed by atoms with Gasteiger partial charge in [0, 0.05) is 6.20 Å². The van der Waals surface area contributed by atoms with E-state index in [0.717, 1.165) is 24.0 Å². The van der Waals surface area contributed by atoms with E-state index in [1.54, 1.807) is 7.11 Å². The van der Waals surface area contributed by atoms with Gasteiger partial charge >= 0.3 is 0 Å². The van der Waals surface area contributed by atoms with Crippen LogP contribution in [0.3, 0.4) is 0 Å². The first kappa shape index (κ1) is 15.3. The minimum atomic E-state index is 0.676. The van der Waals surface area contributed by atoms with Gasteiger partial charge in [0.2, 0.25) is 5.88 Å². The summed E-state index contributed by atoms with van der Waals surface area (Å²) in [5.41, 5.74) is 5.90. The second-order valence-electron chi connectivity index (χ2n) is 5.52. The standard InChI is InChI=1S/C21H21NO/c1-3-10-18-15-22-21(23-2)20(17-13-8-5-9-14-17)19(18)16-11-6-4-7-12-16/h4-9,11-15H,3,10H2,1-2H3. The highest BCUT2D eigenvalue weighted by atomic mass is 16.5. The Morgan fingerprint density at radius 1 is 0.826 bits per heavy atom. The molecular weight excluding hydrogens is 282 g/mol. The monoisotopic (exact) mass is 303 g/mol. The predicted molar refractivity (Wildman–Crippen MR) is 95.7 cm³/mol. The Hall–Kier alpha value is -2.61. The fourth-order valence-corrected chi connectivity index (χ4v) is 2.95. The lowest BCUT2D eigenvalue weighted by atomic mass is 9.90. The van der Waals surface area contributed by atoms with Gasteiger partial charge < -0.3 is 4.74 Å². The molecule has 3 aromatic rings. The van der Waals surface area contributed by atoms with Gasteiger partial charge in [-0.25, -0.2) is 4.98 Å². The summed E-state index contributed by atoms with van der Waals surface area (Å²) in [5, 5.41) is 0. The third-order valence-electron chi connectivity index (χ3n) is 3.96. The Balaban J connectivity index is 2.32. The molecule has 0 saturated heterocycles. The van der Waals surface area contributed by atoms with Crippen molar-refractivity contribution in [1.29, 1.82) is 0 Å². The zero-order chi connectivity index (χ0) is 16.1. The van der Waals surface area contributed by atoms with Crippen LogP contribution in [-0.2, 0) is 6.42 Å². The largest absolute Gasteiger partial charge is 0.481 e. The Labute approximate surface area is 137 Å². The molecule has 0 aliphatic carbocycles. The van der Waals surface area contributed by atoms with Crippen molar-refractivity contribution in [2.45, 2.75) is 19.8 Å². The van der Waals surface area contributed by atoms with Crippen molar-refractivity contribution in [2.75, 3.05) is 7.11 Å². The van der Waals surface area contributed by atoms with Crippen molar-refractivity contribution < 1.29 is 4.74 Å². The zero-order valence-electron chi connectivity index (χ0n) is 13.6. The molecule has 116 valence electrons. The summed E-state index contributed by atoms with van der Waals surface area (Å²) in [7, 11) is 1.68. The Kier molecular flexibility index (Phi) is 4.72. The van der Waals surface area contributed by atoms with Gasteiger partial charge in [0.05, 0.1) is 12.7 Å². The molecule has 2 heteroatoms. The van der Waals surface area contributed by atoms with Crippen LogP contribution in [0.25, 0.3) is 22.3 Å². The summed E-state index contributed by atoms with van der Waals surface area (Å²) in [4.78, 5) is 4.56. The summed E-state index contributed by atoms with van der Waals surface area (Å²) in [5.74, 6) is 0.676. The number of benzene rings is 2. The summed E-state index contributed by atoms with van der Waals surface area (Å²) in [6.07, 6.45) is 4.04. The zero-order valence-corrected chi connectivity index (χ0v) is 13.6. The second-order valence-corrected chi connectivity index (χ2v) is 5.52. The van der Waals surface area contributed by atoms with Gasteiger partial charge in [-0.05, 0) is 28.7 Å². The average molecular weight is 303 g/mol. The number of nitrogens with zero attached hydrogens (tertiary/aromatic N) is 1. The summed E-state index contributed by atoms with van der Waals surface area (Å²) < 4.78 is 5.58. The molecule has 2 aromatic carbocycles. The van der Waals surface area contributed by atoms with Crippen LogP contribution in [-0.4, -0.2) is 12.1 Å². The quantitative estimate of drug-likeness (QED) is 0.631. The van der Waals surface area contributed by atoms with Crippen molar-refractivity contribution >= 4 is 0 Å². The molecule has 0 aliphatic heterocycles. The number of pyridine rings is 1. The van der Waals surface area contributed by atoms with Gasteiger partial charge in [0.25, 0.3) is 0 Å². The first-order valence-electron chi connectivity index (χ1n) is 8.01. The van der Waals surface area contributed by atoms with Gasteiger partial charge in [-0.3, -0.25) is 0 Å². The summed E-state index contributed by atoms with van der Waals surface area (Å²) in [6, 6.07) is 20.9. The van der Waals surface area contributed by atoms with Gasteiger partial charge in [-0.15, -0.1) is 0 Å². The van der Waals surface area contributed by atoms with Crippen molar-refractivity contribution in [2.24, 2.45) is 0 Å². The maximum absolute atomic E-state index is 5.58. The van der Waals surface area contributed by atoms with Crippen LogP contribution in [0.5, 0.6) is 5.88 Å². The van der Waals surface area contributed by atoms with Gasteiger partial charge in [0.1, 0.15) is 0 Å². The second kappa shape index (κ2) is 7.10. The van der Waals surface area contributed by atoms with Crippen molar-refractivity contribution in [1.82, 2.24) is 4.98 Å². The van der Waals surface area contributed by atoms with Gasteiger partial charge in [-0.1, -0.05) is 74.0 Å². The highest BCUT2D eigenvalue weighted by Gasteiger charge is 2.18. The van der Waals surface area contributed by atoms with Gasteiger partial charge in [-0.2, -0.15) is 0 Å². The van der Waals surface area contributed by atoms with Crippen molar-refractivity contribution in [3.05, 3.63) is 72.4 Å². The number of methoxy groups -OCH3 is 1. The maximum Gasteiger partial charge on any atom is 0.221 e. The Morgan fingerprint density at radius 2 is 1.39 bits per heavy atom. The molecule has 23 heavy (non-hydrogen) atoms. The van der Waals surface area contributed by atoms with Crippen LogP contribution in [0, 0.1) is 0 Å². The highest BCUT2D eigenvalue weighted by molar-refractivity contribution is 5.88. The third kappa shape index (κ3) is 3.11. The van der Waals surface area contributed by atoms with Crippen molar-refractivity contribution in [3.63, 3.8) is 0 Å². The molecule has 0 radical (unpaired) electrons. The van der Waals surface area contributed by atoms with E-state index >= 15 is 0 Å². The minimum Gasteiger partial charge on any atom is -0.481 e. The molecule has 0 fully saturated rings. The van der Waals surface area contributed by atoms with E-state index < -0.39 is 0 Å². The molecule has 2 nitrogen and oxygen atoms in total. The lowest BCUT2D eigenvalue weighted by Gasteiger charge is -2.17. The Morgan fingerprint density at radius 3 is 1.91 bits per heavy atom. The molecule has 0 spiro atoms. The first-order valence-corrected chi connectivity index (χ1v) is 8.01. The van der Waals surface area contributed by atoms with Crippen LogP contribution in [0.15, 0.2) is 66.9 Å². The molecule has 0 unspecified atom stereocenters. The van der Waals surface area contributed by atoms with Crippen LogP contribution in [0.2, 0.25) is 0 Å².